The zero-order chi connectivity index (χ0) is 17.6. The number of hydrogen-bond acceptors (Lipinski definition) is 5. The van der Waals surface area contributed by atoms with Gasteiger partial charge in [-0.2, -0.15) is 0 Å². The van der Waals surface area contributed by atoms with Crippen molar-refractivity contribution < 1.29 is 23.5 Å². The van der Waals surface area contributed by atoms with Gasteiger partial charge in [-0.05, 0) is 31.0 Å². The first-order valence-electron chi connectivity index (χ1n) is 8.34. The molecule has 1 amide bonds. The normalized spacial score (nSPS) is 15.2. The van der Waals surface area contributed by atoms with E-state index in [1.807, 2.05) is 18.2 Å². The molecule has 0 spiro atoms. The topological polar surface area (TPSA) is 69.0 Å². The van der Waals surface area contributed by atoms with Crippen molar-refractivity contribution >= 4 is 11.7 Å². The van der Waals surface area contributed by atoms with Crippen LogP contribution in [-0.4, -0.2) is 30.4 Å². The molecule has 0 bridgehead atoms. The molecule has 25 heavy (non-hydrogen) atoms. The smallest absolute Gasteiger partial charge is 0.289 e. The van der Waals surface area contributed by atoms with Crippen molar-refractivity contribution in [1.82, 2.24) is 4.90 Å². The Morgan fingerprint density at radius 3 is 2.80 bits per heavy atom. The highest BCUT2D eigenvalue weighted by Gasteiger charge is 2.30. The van der Waals surface area contributed by atoms with Crippen LogP contribution in [0.15, 0.2) is 22.6 Å². The van der Waals surface area contributed by atoms with E-state index in [2.05, 4.69) is 0 Å². The van der Waals surface area contributed by atoms with Gasteiger partial charge >= 0.3 is 0 Å². The van der Waals surface area contributed by atoms with Crippen LogP contribution in [0.25, 0.3) is 0 Å². The first-order valence-corrected chi connectivity index (χ1v) is 8.34. The number of Topliss-reactive ketones (excluding diaryl/α,β-unsaturated/α-hetero) is 1. The lowest BCUT2D eigenvalue weighted by Crippen LogP contribution is -2.26. The second kappa shape index (κ2) is 5.95. The number of benzene rings is 1. The molecule has 0 saturated carbocycles. The molecule has 0 unspecified atom stereocenters. The van der Waals surface area contributed by atoms with E-state index in [0.717, 1.165) is 12.0 Å². The zero-order valence-corrected chi connectivity index (χ0v) is 14.3. The second-order valence-corrected chi connectivity index (χ2v) is 6.48. The molecule has 6 nitrogen and oxygen atoms in total. The second-order valence-electron chi connectivity index (χ2n) is 6.48. The van der Waals surface area contributed by atoms with Gasteiger partial charge < -0.3 is 18.8 Å². The van der Waals surface area contributed by atoms with Crippen molar-refractivity contribution in [3.05, 3.63) is 46.4 Å². The number of furan rings is 1. The molecule has 6 heteroatoms. The largest absolute Gasteiger partial charge is 0.455 e. The number of carbonyl (C=O) groups is 2. The summed E-state index contributed by atoms with van der Waals surface area (Å²) < 4.78 is 16.4. The molecule has 2 heterocycles. The summed E-state index contributed by atoms with van der Waals surface area (Å²) in [7, 11) is 1.72. The van der Waals surface area contributed by atoms with E-state index in [4.69, 9.17) is 13.9 Å². The van der Waals surface area contributed by atoms with E-state index in [1.54, 1.807) is 18.9 Å². The molecule has 0 saturated heterocycles. The third kappa shape index (κ3) is 2.67. The Hall–Kier alpha value is -2.76. The van der Waals surface area contributed by atoms with Gasteiger partial charge in [0.05, 0.1) is 5.56 Å². The van der Waals surface area contributed by atoms with Crippen LogP contribution >= 0.6 is 0 Å². The van der Waals surface area contributed by atoms with Crippen molar-refractivity contribution in [1.29, 1.82) is 0 Å². The van der Waals surface area contributed by atoms with Gasteiger partial charge in [0.15, 0.2) is 23.0 Å². The van der Waals surface area contributed by atoms with Gasteiger partial charge in [-0.25, -0.2) is 0 Å². The molecular formula is C19H19NO5. The van der Waals surface area contributed by atoms with Crippen molar-refractivity contribution in [2.75, 3.05) is 13.8 Å². The Kier molecular flexibility index (Phi) is 3.75. The van der Waals surface area contributed by atoms with E-state index >= 15 is 0 Å². The quantitative estimate of drug-likeness (QED) is 0.858. The van der Waals surface area contributed by atoms with Crippen LogP contribution in [-0.2, 0) is 13.0 Å². The summed E-state index contributed by atoms with van der Waals surface area (Å²) in [6, 6.07) is 5.61. The predicted molar refractivity (Wildman–Crippen MR) is 89.1 cm³/mol. The van der Waals surface area contributed by atoms with E-state index in [0.29, 0.717) is 47.8 Å². The van der Waals surface area contributed by atoms with Crippen LogP contribution in [0.4, 0.5) is 0 Å². The monoisotopic (exact) mass is 341 g/mol. The minimum absolute atomic E-state index is 0.0694. The van der Waals surface area contributed by atoms with Gasteiger partial charge in [0, 0.05) is 32.0 Å². The van der Waals surface area contributed by atoms with Gasteiger partial charge in [0.25, 0.3) is 5.91 Å². The first-order chi connectivity index (χ1) is 12.0. The number of nitrogens with zero attached hydrogens (tertiary/aromatic N) is 1. The predicted octanol–water partition coefficient (Wildman–Crippen LogP) is 3.11. The Labute approximate surface area is 145 Å². The molecule has 0 radical (unpaired) electrons. The number of carbonyl (C=O) groups excluding carboxylic acids is 2. The number of aryl methyl sites for hydroxylation is 1. The van der Waals surface area contributed by atoms with Gasteiger partial charge in [-0.15, -0.1) is 0 Å². The number of fused-ring (bicyclic) bond motifs is 2. The lowest BCUT2D eigenvalue weighted by atomic mass is 9.94. The maximum atomic E-state index is 12.8. The number of amides is 1. The van der Waals surface area contributed by atoms with Crippen LogP contribution in [0.2, 0.25) is 0 Å². The summed E-state index contributed by atoms with van der Waals surface area (Å²) in [5, 5.41) is 0. The Bertz CT molecular complexity index is 867. The third-order valence-corrected chi connectivity index (χ3v) is 4.70. The van der Waals surface area contributed by atoms with Crippen LogP contribution in [0, 0.1) is 6.92 Å². The molecule has 1 aliphatic heterocycles. The van der Waals surface area contributed by atoms with E-state index in [9.17, 15) is 9.59 Å². The molecule has 1 aromatic heterocycles. The van der Waals surface area contributed by atoms with Crippen LogP contribution in [0.3, 0.4) is 0 Å². The summed E-state index contributed by atoms with van der Waals surface area (Å²) in [6.07, 6.45) is 2.01. The Morgan fingerprint density at radius 2 is 2.00 bits per heavy atom. The van der Waals surface area contributed by atoms with Crippen LogP contribution < -0.4 is 9.47 Å². The fourth-order valence-electron chi connectivity index (χ4n) is 3.41. The fraction of sp³-hybridized carbons (Fsp3) is 0.368. The third-order valence-electron chi connectivity index (χ3n) is 4.70. The number of ketones is 1. The number of hydrogen-bond donors (Lipinski definition) is 0. The highest BCUT2D eigenvalue weighted by Crippen LogP contribution is 2.33. The minimum atomic E-state index is -0.225. The van der Waals surface area contributed by atoms with Gasteiger partial charge in [-0.1, -0.05) is 6.07 Å². The summed E-state index contributed by atoms with van der Waals surface area (Å²) in [5.74, 6) is 2.16. The number of ether oxygens (including phenoxy) is 2. The number of rotatable bonds is 3. The minimum Gasteiger partial charge on any atom is -0.455 e. The maximum absolute atomic E-state index is 12.8. The van der Waals surface area contributed by atoms with E-state index in [1.165, 1.54) is 0 Å². The summed E-state index contributed by atoms with van der Waals surface area (Å²) in [4.78, 5) is 26.5. The molecule has 0 fully saturated rings. The van der Waals surface area contributed by atoms with Crippen molar-refractivity contribution in [3.63, 3.8) is 0 Å². The van der Waals surface area contributed by atoms with Crippen molar-refractivity contribution in [2.24, 2.45) is 0 Å². The molecule has 0 atom stereocenters. The zero-order valence-electron chi connectivity index (χ0n) is 14.3. The molecule has 2 aromatic rings. The Balaban J connectivity index is 1.56. The van der Waals surface area contributed by atoms with Gasteiger partial charge in [0.2, 0.25) is 6.79 Å². The van der Waals surface area contributed by atoms with Crippen molar-refractivity contribution in [2.45, 2.75) is 32.7 Å². The average Bonchev–Trinajstić information content (AvgIpc) is 3.19. The average molecular weight is 341 g/mol. The molecule has 0 N–H and O–H groups in total. The van der Waals surface area contributed by atoms with Crippen LogP contribution in [0.1, 0.15) is 50.6 Å². The highest BCUT2D eigenvalue weighted by atomic mass is 16.7. The molecular weight excluding hydrogens is 322 g/mol. The van der Waals surface area contributed by atoms with E-state index < -0.39 is 0 Å². The lowest BCUT2D eigenvalue weighted by molar-refractivity contribution is 0.0749. The lowest BCUT2D eigenvalue weighted by Gasteiger charge is -2.16. The summed E-state index contributed by atoms with van der Waals surface area (Å²) >= 11 is 0. The summed E-state index contributed by atoms with van der Waals surface area (Å²) in [5.41, 5.74) is 2.19. The van der Waals surface area contributed by atoms with Gasteiger partial charge in [0.1, 0.15) is 5.76 Å². The molecule has 4 rings (SSSR count). The molecule has 1 aromatic carbocycles. The SMILES string of the molecule is Cc1c(C(=O)N(C)Cc2ccc3c(c2)OCO3)oc2c1C(=O)CCC2. The van der Waals surface area contributed by atoms with Gasteiger partial charge in [-0.3, -0.25) is 9.59 Å². The summed E-state index contributed by atoms with van der Waals surface area (Å²) in [6.45, 7) is 2.42. The van der Waals surface area contributed by atoms with Crippen molar-refractivity contribution in [3.8, 4) is 11.5 Å². The fourth-order valence-corrected chi connectivity index (χ4v) is 3.41. The molecule has 2 aliphatic rings. The highest BCUT2D eigenvalue weighted by molar-refractivity contribution is 6.03. The molecule has 1 aliphatic carbocycles. The maximum Gasteiger partial charge on any atom is 0.289 e. The van der Waals surface area contributed by atoms with E-state index in [-0.39, 0.29) is 24.2 Å². The van der Waals surface area contributed by atoms with Crippen LogP contribution in [0.5, 0.6) is 11.5 Å². The molecule has 130 valence electrons. The first kappa shape index (κ1) is 15.7. The Morgan fingerprint density at radius 1 is 1.20 bits per heavy atom. The standard InChI is InChI=1S/C19H19NO5/c1-11-17-13(21)4-3-5-15(17)25-18(11)19(22)20(2)9-12-6-7-14-16(8-12)24-10-23-14/h6-8H,3-5,9-10H2,1-2H3.